The fraction of sp³-hybridized carbons (Fsp3) is 0.929. The Morgan fingerprint density at radius 3 is 2.58 bits per heavy atom. The fourth-order valence-electron chi connectivity index (χ4n) is 3.91. The van der Waals surface area contributed by atoms with E-state index in [0.29, 0.717) is 18.0 Å². The topological polar surface area (TPSA) is 61.6 Å². The molecule has 0 saturated carbocycles. The van der Waals surface area contributed by atoms with Crippen molar-refractivity contribution in [2.75, 3.05) is 32.7 Å². The lowest BCUT2D eigenvalue weighted by Gasteiger charge is -2.43. The van der Waals surface area contributed by atoms with Crippen LogP contribution < -0.4 is 11.1 Å². The lowest BCUT2D eigenvalue weighted by Crippen LogP contribution is -2.59. The maximum atomic E-state index is 11.8. The zero-order valence-electron chi connectivity index (χ0n) is 11.7. The molecule has 0 spiro atoms. The van der Waals surface area contributed by atoms with Crippen LogP contribution >= 0.6 is 0 Å². The first-order chi connectivity index (χ1) is 9.25. The number of carbonyl (C=O) groups is 1. The van der Waals surface area contributed by atoms with Gasteiger partial charge >= 0.3 is 0 Å². The molecule has 3 heterocycles. The predicted molar refractivity (Wildman–Crippen MR) is 74.8 cm³/mol. The van der Waals surface area contributed by atoms with Gasteiger partial charge in [-0.3, -0.25) is 9.69 Å². The summed E-state index contributed by atoms with van der Waals surface area (Å²) in [7, 11) is 0. The van der Waals surface area contributed by atoms with Crippen LogP contribution in [0, 0.1) is 0 Å². The zero-order chi connectivity index (χ0) is 13.2. The maximum Gasteiger partial charge on any atom is 0.222 e. The third-order valence-corrected chi connectivity index (χ3v) is 5.01. The summed E-state index contributed by atoms with van der Waals surface area (Å²) in [5.74, 6) is 0.372. The molecule has 3 aliphatic rings. The maximum absolute atomic E-state index is 11.8. The lowest BCUT2D eigenvalue weighted by molar-refractivity contribution is -0.130. The third-order valence-electron chi connectivity index (χ3n) is 5.01. The molecule has 3 rings (SSSR count). The molecule has 19 heavy (non-hydrogen) atoms. The summed E-state index contributed by atoms with van der Waals surface area (Å²) in [5, 5.41) is 3.36. The van der Waals surface area contributed by atoms with Crippen molar-refractivity contribution in [1.82, 2.24) is 15.1 Å². The van der Waals surface area contributed by atoms with Crippen molar-refractivity contribution < 1.29 is 4.79 Å². The Hall–Kier alpha value is -0.650. The molecule has 5 nitrogen and oxygen atoms in total. The van der Waals surface area contributed by atoms with E-state index < -0.39 is 0 Å². The van der Waals surface area contributed by atoms with E-state index in [1.165, 1.54) is 0 Å². The molecule has 3 fully saturated rings. The van der Waals surface area contributed by atoms with Gasteiger partial charge in [-0.2, -0.15) is 0 Å². The Kier molecular flexibility index (Phi) is 4.05. The summed E-state index contributed by atoms with van der Waals surface area (Å²) in [6.07, 6.45) is 5.23. The van der Waals surface area contributed by atoms with Gasteiger partial charge in [-0.25, -0.2) is 0 Å². The molecule has 2 unspecified atom stereocenters. The Morgan fingerprint density at radius 1 is 1.16 bits per heavy atom. The summed E-state index contributed by atoms with van der Waals surface area (Å²) in [5.41, 5.74) is 6.22. The molecule has 0 aromatic rings. The largest absolute Gasteiger partial charge is 0.340 e. The first-order valence-corrected chi connectivity index (χ1v) is 7.75. The first kappa shape index (κ1) is 13.3. The minimum atomic E-state index is 0.263. The minimum absolute atomic E-state index is 0.263. The average molecular weight is 266 g/mol. The highest BCUT2D eigenvalue weighted by atomic mass is 16.2. The number of amides is 1. The molecule has 3 N–H and O–H groups in total. The number of rotatable bonds is 2. The van der Waals surface area contributed by atoms with E-state index in [2.05, 4.69) is 15.1 Å². The summed E-state index contributed by atoms with van der Waals surface area (Å²) >= 11 is 0. The van der Waals surface area contributed by atoms with Crippen LogP contribution in [0.3, 0.4) is 0 Å². The van der Waals surface area contributed by atoms with Gasteiger partial charge in [0.25, 0.3) is 0 Å². The Balaban J connectivity index is 1.52. The summed E-state index contributed by atoms with van der Waals surface area (Å²) in [6.45, 7) is 5.22. The molecule has 0 radical (unpaired) electrons. The van der Waals surface area contributed by atoms with Crippen LogP contribution in [0.25, 0.3) is 0 Å². The highest BCUT2D eigenvalue weighted by molar-refractivity contribution is 5.78. The molecular formula is C14H26N4O. The highest BCUT2D eigenvalue weighted by Gasteiger charge is 2.34. The van der Waals surface area contributed by atoms with Gasteiger partial charge in [0.2, 0.25) is 5.91 Å². The van der Waals surface area contributed by atoms with Gasteiger partial charge in [-0.15, -0.1) is 0 Å². The smallest absolute Gasteiger partial charge is 0.222 e. The lowest BCUT2D eigenvalue weighted by atomic mass is 9.95. The molecule has 0 bridgehead atoms. The van der Waals surface area contributed by atoms with Gasteiger partial charge in [0, 0.05) is 50.7 Å². The Morgan fingerprint density at radius 2 is 1.95 bits per heavy atom. The van der Waals surface area contributed by atoms with Gasteiger partial charge in [-0.05, 0) is 32.2 Å². The van der Waals surface area contributed by atoms with Crippen molar-refractivity contribution >= 4 is 5.91 Å². The van der Waals surface area contributed by atoms with Crippen LogP contribution in [0.5, 0.6) is 0 Å². The van der Waals surface area contributed by atoms with Crippen LogP contribution in [0.2, 0.25) is 0 Å². The van der Waals surface area contributed by atoms with Crippen LogP contribution in [0.4, 0.5) is 0 Å². The quantitative estimate of drug-likeness (QED) is 0.724. The SMILES string of the molecule is NC1CNCCC1N1CCC(N2CCCC2=O)CC1. The zero-order valence-corrected chi connectivity index (χ0v) is 11.7. The van der Waals surface area contributed by atoms with Gasteiger partial charge in [-0.1, -0.05) is 0 Å². The fourth-order valence-corrected chi connectivity index (χ4v) is 3.91. The van der Waals surface area contributed by atoms with Crippen molar-refractivity contribution in [2.45, 2.75) is 50.2 Å². The van der Waals surface area contributed by atoms with Gasteiger partial charge in [0.15, 0.2) is 0 Å². The van der Waals surface area contributed by atoms with E-state index >= 15 is 0 Å². The summed E-state index contributed by atoms with van der Waals surface area (Å²) in [4.78, 5) is 16.5. The second kappa shape index (κ2) is 5.77. The van der Waals surface area contributed by atoms with Crippen LogP contribution in [0.15, 0.2) is 0 Å². The van der Waals surface area contributed by atoms with E-state index in [1.54, 1.807) is 0 Å². The van der Waals surface area contributed by atoms with Crippen molar-refractivity contribution in [2.24, 2.45) is 5.73 Å². The van der Waals surface area contributed by atoms with Gasteiger partial charge < -0.3 is 16.0 Å². The summed E-state index contributed by atoms with van der Waals surface area (Å²) in [6, 6.07) is 1.29. The van der Waals surface area contributed by atoms with E-state index in [9.17, 15) is 4.79 Å². The molecule has 3 aliphatic heterocycles. The number of hydrogen-bond donors (Lipinski definition) is 2. The molecule has 3 saturated heterocycles. The van der Waals surface area contributed by atoms with E-state index in [1.807, 2.05) is 0 Å². The number of likely N-dealkylation sites (tertiary alicyclic amines) is 2. The standard InChI is InChI=1S/C14H26N4O/c15-12-10-16-6-3-13(12)17-8-4-11(5-9-17)18-7-1-2-14(18)19/h11-13,16H,1-10,15H2. The molecule has 108 valence electrons. The molecule has 1 amide bonds. The van der Waals surface area contributed by atoms with Crippen LogP contribution in [0.1, 0.15) is 32.1 Å². The van der Waals surface area contributed by atoms with Crippen molar-refractivity contribution in [3.05, 3.63) is 0 Å². The number of hydrogen-bond acceptors (Lipinski definition) is 4. The van der Waals surface area contributed by atoms with Crippen molar-refractivity contribution in [3.8, 4) is 0 Å². The van der Waals surface area contributed by atoms with Crippen molar-refractivity contribution in [3.63, 3.8) is 0 Å². The van der Waals surface area contributed by atoms with Crippen LogP contribution in [-0.4, -0.2) is 66.6 Å². The van der Waals surface area contributed by atoms with Crippen molar-refractivity contribution in [1.29, 1.82) is 0 Å². The molecule has 5 heteroatoms. The normalized spacial score (nSPS) is 35.0. The minimum Gasteiger partial charge on any atom is -0.340 e. The average Bonchev–Trinajstić information content (AvgIpc) is 2.86. The summed E-state index contributed by atoms with van der Waals surface area (Å²) < 4.78 is 0. The Labute approximate surface area is 115 Å². The molecule has 0 aliphatic carbocycles. The molecule has 0 aromatic carbocycles. The monoisotopic (exact) mass is 266 g/mol. The van der Waals surface area contributed by atoms with Gasteiger partial charge in [0.05, 0.1) is 0 Å². The number of nitrogens with zero attached hydrogens (tertiary/aromatic N) is 2. The first-order valence-electron chi connectivity index (χ1n) is 7.75. The number of carbonyl (C=O) groups excluding carboxylic acids is 1. The molecular weight excluding hydrogens is 240 g/mol. The number of nitrogens with one attached hydrogen (secondary N) is 1. The van der Waals surface area contributed by atoms with E-state index in [0.717, 1.165) is 64.8 Å². The van der Waals surface area contributed by atoms with Gasteiger partial charge in [0.1, 0.15) is 0 Å². The third kappa shape index (κ3) is 2.78. The molecule has 2 atom stereocenters. The highest BCUT2D eigenvalue weighted by Crippen LogP contribution is 2.24. The van der Waals surface area contributed by atoms with E-state index in [-0.39, 0.29) is 6.04 Å². The number of piperidine rings is 2. The van der Waals surface area contributed by atoms with E-state index in [4.69, 9.17) is 5.73 Å². The second-order valence-electron chi connectivity index (χ2n) is 6.18. The number of nitrogens with two attached hydrogens (primary N) is 1. The van der Waals surface area contributed by atoms with Crippen LogP contribution in [-0.2, 0) is 4.79 Å². The molecule has 0 aromatic heterocycles. The Bertz CT molecular complexity index is 327. The second-order valence-corrected chi connectivity index (χ2v) is 6.18. The predicted octanol–water partition coefficient (Wildman–Crippen LogP) is -0.238.